The van der Waals surface area contributed by atoms with E-state index in [4.69, 9.17) is 10.5 Å². The number of hydrogen-bond donors (Lipinski definition) is 2. The van der Waals surface area contributed by atoms with Crippen molar-refractivity contribution in [3.63, 3.8) is 0 Å². The molecule has 0 unspecified atom stereocenters. The second-order valence-corrected chi connectivity index (χ2v) is 5.03. The quantitative estimate of drug-likeness (QED) is 0.684. The van der Waals surface area contributed by atoms with Crippen molar-refractivity contribution >= 4 is 17.5 Å². The number of tetrazole rings is 1. The average Bonchev–Trinajstić information content (AvgIpc) is 3.15. The van der Waals surface area contributed by atoms with Gasteiger partial charge in [0.25, 0.3) is 5.91 Å². The highest BCUT2D eigenvalue weighted by Crippen LogP contribution is 2.14. The van der Waals surface area contributed by atoms with Gasteiger partial charge in [-0.25, -0.2) is 4.68 Å². The van der Waals surface area contributed by atoms with Gasteiger partial charge in [0.15, 0.2) is 6.61 Å². The Bertz CT molecular complexity index is 860. The maximum absolute atomic E-state index is 11.9. The number of hydrogen-bond acceptors (Lipinski definition) is 6. The van der Waals surface area contributed by atoms with Gasteiger partial charge in [0.2, 0.25) is 5.91 Å². The van der Waals surface area contributed by atoms with Crippen LogP contribution in [0.3, 0.4) is 0 Å². The summed E-state index contributed by atoms with van der Waals surface area (Å²) in [6.45, 7) is -0.151. The van der Waals surface area contributed by atoms with Crippen LogP contribution in [0.15, 0.2) is 54.9 Å². The molecule has 2 aromatic carbocycles. The normalized spacial score (nSPS) is 10.2. The molecule has 0 bridgehead atoms. The summed E-state index contributed by atoms with van der Waals surface area (Å²) >= 11 is 0. The van der Waals surface area contributed by atoms with Crippen LogP contribution < -0.4 is 15.8 Å². The molecule has 3 aromatic rings. The second kappa shape index (κ2) is 7.21. The Balaban J connectivity index is 1.52. The van der Waals surface area contributed by atoms with Gasteiger partial charge in [-0.05, 0) is 59.0 Å². The predicted molar refractivity (Wildman–Crippen MR) is 88.2 cm³/mol. The molecular formula is C16H14N6O3. The largest absolute Gasteiger partial charge is 0.484 e. The zero-order valence-electron chi connectivity index (χ0n) is 13.0. The molecule has 3 N–H and O–H groups in total. The summed E-state index contributed by atoms with van der Waals surface area (Å²) < 4.78 is 6.93. The van der Waals surface area contributed by atoms with Crippen LogP contribution in [-0.4, -0.2) is 38.6 Å². The maximum atomic E-state index is 11.9. The first-order valence-electron chi connectivity index (χ1n) is 7.28. The van der Waals surface area contributed by atoms with Crippen molar-refractivity contribution < 1.29 is 14.3 Å². The minimum Gasteiger partial charge on any atom is -0.484 e. The molecule has 1 heterocycles. The zero-order valence-corrected chi connectivity index (χ0v) is 13.0. The first-order valence-corrected chi connectivity index (χ1v) is 7.28. The van der Waals surface area contributed by atoms with Gasteiger partial charge < -0.3 is 15.8 Å². The number of rotatable bonds is 6. The highest BCUT2D eigenvalue weighted by atomic mass is 16.5. The third-order valence-electron chi connectivity index (χ3n) is 3.27. The molecule has 2 amide bonds. The lowest BCUT2D eigenvalue weighted by molar-refractivity contribution is -0.118. The summed E-state index contributed by atoms with van der Waals surface area (Å²) in [7, 11) is 0. The van der Waals surface area contributed by atoms with Crippen LogP contribution in [-0.2, 0) is 4.79 Å². The minimum atomic E-state index is -0.522. The highest BCUT2D eigenvalue weighted by molar-refractivity contribution is 5.95. The van der Waals surface area contributed by atoms with E-state index in [0.29, 0.717) is 17.0 Å². The summed E-state index contributed by atoms with van der Waals surface area (Å²) in [5, 5.41) is 13.6. The van der Waals surface area contributed by atoms with Gasteiger partial charge in [-0.3, -0.25) is 9.59 Å². The number of nitrogens with zero attached hydrogens (tertiary/aromatic N) is 4. The SMILES string of the molecule is NC(=O)c1ccc(NC(=O)COc2ccc(-n3cnnn3)cc2)cc1. The molecule has 0 spiro atoms. The van der Waals surface area contributed by atoms with Gasteiger partial charge in [0, 0.05) is 11.3 Å². The first-order chi connectivity index (χ1) is 12.1. The number of carbonyl (C=O) groups excluding carboxylic acids is 2. The topological polar surface area (TPSA) is 125 Å². The summed E-state index contributed by atoms with van der Waals surface area (Å²) in [5.41, 5.74) is 6.86. The van der Waals surface area contributed by atoms with Crippen LogP contribution in [0, 0.1) is 0 Å². The van der Waals surface area contributed by atoms with Crippen molar-refractivity contribution in [1.29, 1.82) is 0 Å². The third-order valence-corrected chi connectivity index (χ3v) is 3.27. The van der Waals surface area contributed by atoms with Gasteiger partial charge in [-0.1, -0.05) is 0 Å². The predicted octanol–water partition coefficient (Wildman–Crippen LogP) is 0.779. The molecule has 0 aliphatic rings. The summed E-state index contributed by atoms with van der Waals surface area (Å²) in [4.78, 5) is 22.9. The van der Waals surface area contributed by atoms with E-state index in [0.717, 1.165) is 5.69 Å². The van der Waals surface area contributed by atoms with Gasteiger partial charge >= 0.3 is 0 Å². The van der Waals surface area contributed by atoms with Gasteiger partial charge in [-0.15, -0.1) is 5.10 Å². The summed E-state index contributed by atoms with van der Waals surface area (Å²) in [5.74, 6) is -0.307. The number of nitrogens with two attached hydrogens (primary N) is 1. The Morgan fingerprint density at radius 3 is 2.40 bits per heavy atom. The number of anilines is 1. The molecule has 0 saturated carbocycles. The number of amides is 2. The van der Waals surface area contributed by atoms with Crippen LogP contribution in [0.5, 0.6) is 5.75 Å². The van der Waals surface area contributed by atoms with Crippen molar-refractivity contribution in [2.75, 3.05) is 11.9 Å². The van der Waals surface area contributed by atoms with E-state index >= 15 is 0 Å². The summed E-state index contributed by atoms with van der Waals surface area (Å²) in [6, 6.07) is 13.2. The van der Waals surface area contributed by atoms with Gasteiger partial charge in [0.1, 0.15) is 12.1 Å². The van der Waals surface area contributed by atoms with Crippen LogP contribution in [0.25, 0.3) is 5.69 Å². The van der Waals surface area contributed by atoms with E-state index in [-0.39, 0.29) is 12.5 Å². The maximum Gasteiger partial charge on any atom is 0.262 e. The fraction of sp³-hybridized carbons (Fsp3) is 0.0625. The molecule has 0 fully saturated rings. The van der Waals surface area contributed by atoms with Crippen molar-refractivity contribution in [2.24, 2.45) is 5.73 Å². The second-order valence-electron chi connectivity index (χ2n) is 5.03. The lowest BCUT2D eigenvalue weighted by Crippen LogP contribution is -2.20. The Morgan fingerprint density at radius 1 is 1.08 bits per heavy atom. The van der Waals surface area contributed by atoms with Crippen LogP contribution in [0.1, 0.15) is 10.4 Å². The van der Waals surface area contributed by atoms with Gasteiger partial charge in [-0.2, -0.15) is 0 Å². The third kappa shape index (κ3) is 4.16. The molecule has 0 radical (unpaired) electrons. The molecule has 0 aliphatic carbocycles. The van der Waals surface area contributed by atoms with E-state index in [1.807, 2.05) is 0 Å². The van der Waals surface area contributed by atoms with E-state index in [1.54, 1.807) is 36.4 Å². The number of aromatic nitrogens is 4. The molecule has 9 heteroatoms. The number of carbonyl (C=O) groups is 2. The van der Waals surface area contributed by atoms with Crippen molar-refractivity contribution in [1.82, 2.24) is 20.2 Å². The Morgan fingerprint density at radius 2 is 1.80 bits per heavy atom. The average molecular weight is 338 g/mol. The van der Waals surface area contributed by atoms with E-state index in [9.17, 15) is 9.59 Å². The molecule has 25 heavy (non-hydrogen) atoms. The van der Waals surface area contributed by atoms with Crippen LogP contribution >= 0.6 is 0 Å². The first kappa shape index (κ1) is 16.1. The zero-order chi connectivity index (χ0) is 17.6. The number of nitrogens with one attached hydrogen (secondary N) is 1. The highest BCUT2D eigenvalue weighted by Gasteiger charge is 2.06. The van der Waals surface area contributed by atoms with E-state index < -0.39 is 5.91 Å². The fourth-order valence-corrected chi connectivity index (χ4v) is 2.04. The van der Waals surface area contributed by atoms with Gasteiger partial charge in [0.05, 0.1) is 5.69 Å². The van der Waals surface area contributed by atoms with Crippen molar-refractivity contribution in [3.05, 3.63) is 60.4 Å². The Hall–Kier alpha value is -3.75. The van der Waals surface area contributed by atoms with E-state index in [2.05, 4.69) is 20.8 Å². The monoisotopic (exact) mass is 338 g/mol. The number of benzene rings is 2. The van der Waals surface area contributed by atoms with Crippen LogP contribution in [0.2, 0.25) is 0 Å². The fourth-order valence-electron chi connectivity index (χ4n) is 2.04. The standard InChI is InChI=1S/C16H14N6O3/c17-16(24)11-1-3-12(4-2-11)19-15(23)9-25-14-7-5-13(6-8-14)22-10-18-20-21-22/h1-8,10H,9H2,(H2,17,24)(H,19,23). The molecular weight excluding hydrogens is 324 g/mol. The molecule has 0 saturated heterocycles. The minimum absolute atomic E-state index is 0.151. The Labute approximate surface area is 142 Å². The molecule has 126 valence electrons. The molecule has 9 nitrogen and oxygen atoms in total. The van der Waals surface area contributed by atoms with Crippen LogP contribution in [0.4, 0.5) is 5.69 Å². The number of primary amides is 1. The van der Waals surface area contributed by atoms with Crippen molar-refractivity contribution in [3.8, 4) is 11.4 Å². The smallest absolute Gasteiger partial charge is 0.262 e. The summed E-state index contributed by atoms with van der Waals surface area (Å²) in [6.07, 6.45) is 1.48. The lowest BCUT2D eigenvalue weighted by Gasteiger charge is -2.08. The van der Waals surface area contributed by atoms with E-state index in [1.165, 1.54) is 23.1 Å². The molecule has 1 aromatic heterocycles. The Kier molecular flexibility index (Phi) is 4.65. The van der Waals surface area contributed by atoms with Crippen molar-refractivity contribution in [2.45, 2.75) is 0 Å². The number of ether oxygens (including phenoxy) is 1. The molecule has 0 atom stereocenters. The lowest BCUT2D eigenvalue weighted by atomic mass is 10.2. The molecule has 0 aliphatic heterocycles. The molecule has 3 rings (SSSR count).